The first kappa shape index (κ1) is 25.8. The van der Waals surface area contributed by atoms with Crippen LogP contribution in [0.5, 0.6) is 11.5 Å². The van der Waals surface area contributed by atoms with Crippen LogP contribution in [0.15, 0.2) is 88.7 Å². The van der Waals surface area contributed by atoms with Gasteiger partial charge in [-0.3, -0.25) is 14.1 Å². The van der Waals surface area contributed by atoms with Crippen LogP contribution < -0.4 is 19.8 Å². The first-order valence-electron chi connectivity index (χ1n) is 11.4. The summed E-state index contributed by atoms with van der Waals surface area (Å²) in [6.45, 7) is 0. The minimum absolute atomic E-state index is 0.0432. The van der Waals surface area contributed by atoms with E-state index in [1.54, 1.807) is 0 Å². The van der Waals surface area contributed by atoms with Gasteiger partial charge in [0.2, 0.25) is 0 Å². The molecule has 3 aromatic carbocycles. The summed E-state index contributed by atoms with van der Waals surface area (Å²) in [5.74, 6) is -1.15. The third kappa shape index (κ3) is 4.89. The van der Waals surface area contributed by atoms with E-state index in [1.807, 2.05) is 0 Å². The minimum atomic E-state index is -4.02. The minimum Gasteiger partial charge on any atom is -0.495 e. The molecule has 0 spiro atoms. The molecule has 1 N–H and O–H groups in total. The van der Waals surface area contributed by atoms with Gasteiger partial charge in [-0.2, -0.15) is 5.10 Å². The van der Waals surface area contributed by atoms with Crippen LogP contribution in [0.1, 0.15) is 0 Å². The van der Waals surface area contributed by atoms with Crippen molar-refractivity contribution in [1.82, 2.24) is 14.8 Å². The van der Waals surface area contributed by atoms with Crippen molar-refractivity contribution in [2.75, 3.05) is 18.9 Å². The molecule has 0 radical (unpaired) electrons. The van der Waals surface area contributed by atoms with E-state index in [9.17, 15) is 17.6 Å². The molecule has 0 saturated carbocycles. The molecule has 5 aromatic rings. The van der Waals surface area contributed by atoms with Crippen molar-refractivity contribution in [3.05, 3.63) is 101 Å². The van der Waals surface area contributed by atoms with Crippen molar-refractivity contribution >= 4 is 26.7 Å². The average molecular weight is 551 g/mol. The summed E-state index contributed by atoms with van der Waals surface area (Å²) >= 11 is 0. The Hall–Kier alpha value is -4.84. The molecule has 5 rings (SSSR count). The van der Waals surface area contributed by atoms with Crippen LogP contribution in [0.3, 0.4) is 0 Å². The Morgan fingerprint density at radius 2 is 1.67 bits per heavy atom. The summed E-state index contributed by atoms with van der Waals surface area (Å²) in [6.07, 6.45) is 1.41. The Morgan fingerprint density at radius 3 is 2.38 bits per heavy atom. The fourth-order valence-corrected chi connectivity index (χ4v) is 5.15. The van der Waals surface area contributed by atoms with E-state index in [4.69, 9.17) is 9.47 Å². The Balaban J connectivity index is 1.62. The lowest BCUT2D eigenvalue weighted by atomic mass is 10.0. The molecule has 2 heterocycles. The molecule has 9 nitrogen and oxygen atoms in total. The second kappa shape index (κ2) is 10.1. The van der Waals surface area contributed by atoms with E-state index in [2.05, 4.69) is 14.9 Å². The standard InChI is InChI=1S/C27H20F2N4O5S/c1-37-24-13-16(5-8-20(24)28)19-14-25(38-2)23(15-21(19)29)33-22-9-7-18(12-17(22)6-10-27(33)34)39(35,36)32-26-4-3-11-30-31-26/h3-15H,1-2H3,(H,31,32). The summed E-state index contributed by atoms with van der Waals surface area (Å²) in [5, 5.41) is 7.77. The number of hydrogen-bond donors (Lipinski definition) is 1. The quantitative estimate of drug-likeness (QED) is 0.317. The molecule has 0 fully saturated rings. The Kier molecular flexibility index (Phi) is 6.71. The third-order valence-electron chi connectivity index (χ3n) is 5.96. The Morgan fingerprint density at radius 1 is 0.872 bits per heavy atom. The fourth-order valence-electron chi connectivity index (χ4n) is 4.12. The van der Waals surface area contributed by atoms with Gasteiger partial charge < -0.3 is 9.47 Å². The highest BCUT2D eigenvalue weighted by molar-refractivity contribution is 7.92. The van der Waals surface area contributed by atoms with Gasteiger partial charge in [0.05, 0.1) is 30.3 Å². The molecule has 0 saturated heterocycles. The molecule has 0 bridgehead atoms. The monoisotopic (exact) mass is 550 g/mol. The van der Waals surface area contributed by atoms with E-state index in [0.717, 1.165) is 12.1 Å². The zero-order valence-electron chi connectivity index (χ0n) is 20.6. The number of halogens is 2. The number of rotatable bonds is 7. The summed E-state index contributed by atoms with van der Waals surface area (Å²) in [6, 6.07) is 16.3. The number of hydrogen-bond acceptors (Lipinski definition) is 7. The van der Waals surface area contributed by atoms with E-state index >= 15 is 4.39 Å². The number of ether oxygens (including phenoxy) is 2. The van der Waals surface area contributed by atoms with Crippen molar-refractivity contribution < 1.29 is 26.7 Å². The summed E-state index contributed by atoms with van der Waals surface area (Å²) in [4.78, 5) is 12.9. The fraction of sp³-hybridized carbons (Fsp3) is 0.0741. The molecule has 0 atom stereocenters. The van der Waals surface area contributed by atoms with Gasteiger partial charge in [-0.05, 0) is 60.2 Å². The van der Waals surface area contributed by atoms with Crippen molar-refractivity contribution in [3.8, 4) is 28.3 Å². The number of aromatic nitrogens is 3. The number of sulfonamides is 1. The lowest BCUT2D eigenvalue weighted by Gasteiger charge is -2.17. The van der Waals surface area contributed by atoms with Gasteiger partial charge in [-0.1, -0.05) is 6.07 Å². The molecule has 0 aliphatic rings. The van der Waals surface area contributed by atoms with Gasteiger partial charge in [0.15, 0.2) is 17.4 Å². The Labute approximate surface area is 221 Å². The van der Waals surface area contributed by atoms with Gasteiger partial charge in [0.1, 0.15) is 11.6 Å². The number of nitrogens with zero attached hydrogens (tertiary/aromatic N) is 3. The van der Waals surface area contributed by atoms with E-state index < -0.39 is 27.2 Å². The molecule has 198 valence electrons. The average Bonchev–Trinajstić information content (AvgIpc) is 2.93. The highest BCUT2D eigenvalue weighted by Crippen LogP contribution is 2.35. The van der Waals surface area contributed by atoms with Crippen LogP contribution in [0.4, 0.5) is 14.6 Å². The molecule has 0 unspecified atom stereocenters. The second-order valence-electron chi connectivity index (χ2n) is 8.30. The first-order chi connectivity index (χ1) is 18.7. The summed E-state index contributed by atoms with van der Waals surface area (Å²) in [5.41, 5.74) is 0.355. The Bertz CT molecular complexity index is 1880. The number of anilines is 1. The molecule has 0 amide bonds. The zero-order valence-corrected chi connectivity index (χ0v) is 21.4. The smallest absolute Gasteiger partial charge is 0.263 e. The highest BCUT2D eigenvalue weighted by atomic mass is 32.2. The van der Waals surface area contributed by atoms with Gasteiger partial charge >= 0.3 is 0 Å². The van der Waals surface area contributed by atoms with Crippen LogP contribution in [-0.4, -0.2) is 37.4 Å². The normalized spacial score (nSPS) is 11.4. The molecule has 0 aliphatic heterocycles. The molecule has 0 aliphatic carbocycles. The molecule has 39 heavy (non-hydrogen) atoms. The number of benzene rings is 3. The van der Waals surface area contributed by atoms with Crippen molar-refractivity contribution in [3.63, 3.8) is 0 Å². The SMILES string of the molecule is COc1cc(-c2cc(OC)c(-n3c(=O)ccc4cc(S(=O)(=O)Nc5cccnn5)ccc43)cc2F)ccc1F. The van der Waals surface area contributed by atoms with Crippen LogP contribution in [0, 0.1) is 11.6 Å². The van der Waals surface area contributed by atoms with E-state index in [-0.39, 0.29) is 33.5 Å². The van der Waals surface area contributed by atoms with Gasteiger partial charge in [-0.25, -0.2) is 17.2 Å². The van der Waals surface area contributed by atoms with Crippen LogP contribution >= 0.6 is 0 Å². The number of nitrogens with one attached hydrogen (secondary N) is 1. The maximum Gasteiger partial charge on any atom is 0.263 e. The zero-order chi connectivity index (χ0) is 27.7. The van der Waals surface area contributed by atoms with Gasteiger partial charge in [0, 0.05) is 29.3 Å². The van der Waals surface area contributed by atoms with Crippen LogP contribution in [0.25, 0.3) is 27.7 Å². The first-order valence-corrected chi connectivity index (χ1v) is 12.9. The predicted octanol–water partition coefficient (Wildman–Crippen LogP) is 4.54. The van der Waals surface area contributed by atoms with E-state index in [0.29, 0.717) is 16.5 Å². The number of fused-ring (bicyclic) bond motifs is 1. The predicted molar refractivity (Wildman–Crippen MR) is 141 cm³/mol. The van der Waals surface area contributed by atoms with Crippen molar-refractivity contribution in [2.45, 2.75) is 4.90 Å². The lowest BCUT2D eigenvalue weighted by Crippen LogP contribution is -2.19. The van der Waals surface area contributed by atoms with Crippen LogP contribution in [0.2, 0.25) is 0 Å². The van der Waals surface area contributed by atoms with Crippen LogP contribution in [-0.2, 0) is 10.0 Å². The largest absolute Gasteiger partial charge is 0.495 e. The van der Waals surface area contributed by atoms with Crippen molar-refractivity contribution in [1.29, 1.82) is 0 Å². The molecule has 12 heteroatoms. The molecular formula is C27H20F2N4O5S. The summed E-state index contributed by atoms with van der Waals surface area (Å²) in [7, 11) is -1.35. The highest BCUT2D eigenvalue weighted by Gasteiger charge is 2.20. The number of pyridine rings is 1. The van der Waals surface area contributed by atoms with Gasteiger partial charge in [0.25, 0.3) is 15.6 Å². The van der Waals surface area contributed by atoms with Crippen molar-refractivity contribution in [2.24, 2.45) is 0 Å². The maximum atomic E-state index is 15.4. The van der Waals surface area contributed by atoms with E-state index in [1.165, 1.54) is 85.6 Å². The topological polar surface area (TPSA) is 112 Å². The number of methoxy groups -OCH3 is 2. The third-order valence-corrected chi connectivity index (χ3v) is 7.31. The molecule has 2 aromatic heterocycles. The van der Waals surface area contributed by atoms with Gasteiger partial charge in [-0.15, -0.1) is 5.10 Å². The summed E-state index contributed by atoms with van der Waals surface area (Å²) < 4.78 is 69.2. The second-order valence-corrected chi connectivity index (χ2v) is 9.98. The molecular weight excluding hydrogens is 530 g/mol. The maximum absolute atomic E-state index is 15.4. The lowest BCUT2D eigenvalue weighted by molar-refractivity contribution is 0.386.